The average Bonchev–Trinajstić information content (AvgIpc) is 2.53. The van der Waals surface area contributed by atoms with Gasteiger partial charge in [0.05, 0.1) is 15.5 Å². The number of anilines is 2. The monoisotopic (exact) mass is 402 g/mol. The Kier molecular flexibility index (Phi) is 5.94. The van der Waals surface area contributed by atoms with E-state index in [-0.39, 0.29) is 5.69 Å². The fourth-order valence-corrected chi connectivity index (χ4v) is 2.61. The van der Waals surface area contributed by atoms with Gasteiger partial charge >= 0.3 is 12.1 Å². The van der Waals surface area contributed by atoms with Crippen LogP contribution in [0, 0.1) is 10.1 Å². The van der Waals surface area contributed by atoms with Gasteiger partial charge in [0.2, 0.25) is 0 Å². The molecule has 0 aliphatic heterocycles. The van der Waals surface area contributed by atoms with Crippen molar-refractivity contribution in [2.75, 3.05) is 5.32 Å². The number of benzene rings is 2. The van der Waals surface area contributed by atoms with Crippen molar-refractivity contribution in [3.8, 4) is 0 Å². The van der Waals surface area contributed by atoms with Gasteiger partial charge < -0.3 is 10.1 Å². The lowest BCUT2D eigenvalue weighted by Crippen LogP contribution is -2.08. The smallest absolute Gasteiger partial charge is 0.418 e. The molecule has 10 heteroatoms. The molecule has 27 heavy (non-hydrogen) atoms. The van der Waals surface area contributed by atoms with Crippen molar-refractivity contribution in [1.82, 2.24) is 0 Å². The maximum absolute atomic E-state index is 12.9. The first kappa shape index (κ1) is 20.5. The molecule has 1 atom stereocenters. The van der Waals surface area contributed by atoms with Crippen LogP contribution in [0.5, 0.6) is 0 Å². The Labute approximate surface area is 157 Å². The minimum absolute atomic E-state index is 0.182. The molecule has 2 aromatic carbocycles. The quantitative estimate of drug-likeness (QED) is 0.398. The highest BCUT2D eigenvalue weighted by Gasteiger charge is 2.36. The van der Waals surface area contributed by atoms with E-state index < -0.39 is 39.4 Å². The van der Waals surface area contributed by atoms with E-state index in [9.17, 15) is 28.1 Å². The van der Waals surface area contributed by atoms with Crippen LogP contribution in [0.15, 0.2) is 36.4 Å². The number of rotatable bonds is 5. The summed E-state index contributed by atoms with van der Waals surface area (Å²) in [7, 11) is 0. The van der Waals surface area contributed by atoms with Crippen molar-refractivity contribution in [2.45, 2.75) is 26.1 Å². The second kappa shape index (κ2) is 7.83. The minimum Gasteiger partial charge on any atom is -0.458 e. The van der Waals surface area contributed by atoms with E-state index in [1.165, 1.54) is 6.92 Å². The van der Waals surface area contributed by atoms with E-state index in [0.717, 1.165) is 6.07 Å². The number of carbonyl (C=O) groups excluding carboxylic acids is 1. The Morgan fingerprint density at radius 3 is 2.33 bits per heavy atom. The summed E-state index contributed by atoms with van der Waals surface area (Å²) in [5.41, 5.74) is -1.17. The molecule has 0 amide bonds. The lowest BCUT2D eigenvalue weighted by atomic mass is 10.1. The van der Waals surface area contributed by atoms with Crippen LogP contribution in [0.4, 0.5) is 30.2 Å². The molecule has 2 rings (SSSR count). The molecule has 0 fully saturated rings. The van der Waals surface area contributed by atoms with Crippen LogP contribution in [0.3, 0.4) is 0 Å². The molecule has 144 valence electrons. The van der Waals surface area contributed by atoms with Gasteiger partial charge in [-0.05, 0) is 30.7 Å². The predicted octanol–water partition coefficient (Wildman–Crippen LogP) is 5.63. The molecule has 0 aromatic heterocycles. The third-order valence-electron chi connectivity index (χ3n) is 3.59. The van der Waals surface area contributed by atoms with Crippen molar-refractivity contribution in [3.05, 3.63) is 62.7 Å². The Hall–Kier alpha value is -2.81. The molecule has 0 spiro atoms. The van der Waals surface area contributed by atoms with Gasteiger partial charge in [0.25, 0.3) is 5.69 Å². The number of nitro benzene ring substituents is 1. The zero-order chi connectivity index (χ0) is 20.4. The summed E-state index contributed by atoms with van der Waals surface area (Å²) in [6, 6.07) is 7.58. The Morgan fingerprint density at radius 1 is 1.26 bits per heavy atom. The number of esters is 1. The van der Waals surface area contributed by atoms with E-state index in [2.05, 4.69) is 5.32 Å². The topological polar surface area (TPSA) is 81.5 Å². The van der Waals surface area contributed by atoms with Crippen molar-refractivity contribution >= 4 is 34.6 Å². The molecule has 0 aliphatic rings. The standard InChI is InChI=1S/C17H14ClF3N2O4/c1-9(27-10(2)24)11-3-5-12(6-4-11)22-15-8-14(18)13(17(19,20)21)7-16(15)23(25)26/h3-9,22H,1-2H3. The first-order chi connectivity index (χ1) is 12.5. The summed E-state index contributed by atoms with van der Waals surface area (Å²) in [6.07, 6.45) is -5.30. The SMILES string of the molecule is CC(=O)OC(C)c1ccc(Nc2cc(Cl)c(C(F)(F)F)cc2[N+](=O)[O-])cc1. The number of hydrogen-bond acceptors (Lipinski definition) is 5. The van der Waals surface area contributed by atoms with Gasteiger partial charge in [-0.3, -0.25) is 14.9 Å². The molecule has 1 unspecified atom stereocenters. The number of alkyl halides is 3. The molecule has 0 heterocycles. The second-order valence-corrected chi connectivity index (χ2v) is 6.01. The lowest BCUT2D eigenvalue weighted by molar-refractivity contribution is -0.384. The molecule has 0 saturated carbocycles. The van der Waals surface area contributed by atoms with Gasteiger partial charge in [0.15, 0.2) is 0 Å². The molecule has 2 aromatic rings. The van der Waals surface area contributed by atoms with Crippen molar-refractivity contribution < 1.29 is 27.6 Å². The third-order valence-corrected chi connectivity index (χ3v) is 3.90. The highest BCUT2D eigenvalue weighted by Crippen LogP contribution is 2.41. The number of nitrogens with zero attached hydrogens (tertiary/aromatic N) is 1. The van der Waals surface area contributed by atoms with E-state index in [1.807, 2.05) is 0 Å². The Bertz CT molecular complexity index is 870. The molecule has 0 radical (unpaired) electrons. The molecular weight excluding hydrogens is 389 g/mol. The van der Waals surface area contributed by atoms with Crippen LogP contribution >= 0.6 is 11.6 Å². The van der Waals surface area contributed by atoms with Crippen LogP contribution in [-0.2, 0) is 15.7 Å². The van der Waals surface area contributed by atoms with Gasteiger partial charge in [-0.15, -0.1) is 0 Å². The summed E-state index contributed by atoms with van der Waals surface area (Å²) in [5, 5.41) is 13.2. The van der Waals surface area contributed by atoms with Crippen LogP contribution < -0.4 is 5.32 Å². The largest absolute Gasteiger partial charge is 0.458 e. The van der Waals surface area contributed by atoms with Crippen LogP contribution in [-0.4, -0.2) is 10.9 Å². The Morgan fingerprint density at radius 2 is 1.85 bits per heavy atom. The maximum atomic E-state index is 12.9. The lowest BCUT2D eigenvalue weighted by Gasteiger charge is -2.14. The number of ether oxygens (including phenoxy) is 1. The fraction of sp³-hybridized carbons (Fsp3) is 0.235. The first-order valence-electron chi connectivity index (χ1n) is 7.58. The summed E-state index contributed by atoms with van der Waals surface area (Å²) in [6.45, 7) is 2.95. The van der Waals surface area contributed by atoms with Crippen molar-refractivity contribution in [3.63, 3.8) is 0 Å². The normalized spacial score (nSPS) is 12.4. The second-order valence-electron chi connectivity index (χ2n) is 5.60. The third kappa shape index (κ3) is 5.10. The maximum Gasteiger partial charge on any atom is 0.418 e. The van der Waals surface area contributed by atoms with E-state index >= 15 is 0 Å². The number of nitrogens with one attached hydrogen (secondary N) is 1. The minimum atomic E-state index is -4.81. The molecule has 6 nitrogen and oxygen atoms in total. The van der Waals surface area contributed by atoms with Crippen LogP contribution in [0.2, 0.25) is 5.02 Å². The summed E-state index contributed by atoms with van der Waals surface area (Å²) in [5.74, 6) is -0.445. The Balaban J connectivity index is 2.33. The van der Waals surface area contributed by atoms with Gasteiger partial charge in [-0.2, -0.15) is 13.2 Å². The highest BCUT2D eigenvalue weighted by molar-refractivity contribution is 6.31. The summed E-state index contributed by atoms with van der Waals surface area (Å²) >= 11 is 5.64. The van der Waals surface area contributed by atoms with E-state index in [4.69, 9.17) is 16.3 Å². The predicted molar refractivity (Wildman–Crippen MR) is 93.0 cm³/mol. The first-order valence-corrected chi connectivity index (χ1v) is 7.96. The van der Waals surface area contributed by atoms with Crippen LogP contribution in [0.1, 0.15) is 31.1 Å². The molecular formula is C17H14ClF3N2O4. The zero-order valence-corrected chi connectivity index (χ0v) is 14.9. The number of nitro groups is 1. The van der Waals surface area contributed by atoms with Crippen molar-refractivity contribution in [2.24, 2.45) is 0 Å². The summed E-state index contributed by atoms with van der Waals surface area (Å²) in [4.78, 5) is 21.2. The molecule has 1 N–H and O–H groups in total. The zero-order valence-electron chi connectivity index (χ0n) is 14.1. The van der Waals surface area contributed by atoms with Gasteiger partial charge in [-0.1, -0.05) is 23.7 Å². The van der Waals surface area contributed by atoms with E-state index in [1.54, 1.807) is 31.2 Å². The number of halogens is 4. The van der Waals surface area contributed by atoms with E-state index in [0.29, 0.717) is 17.3 Å². The number of carbonyl (C=O) groups is 1. The van der Waals surface area contributed by atoms with Gasteiger partial charge in [0.1, 0.15) is 11.8 Å². The summed E-state index contributed by atoms with van der Waals surface area (Å²) < 4.78 is 43.7. The van der Waals surface area contributed by atoms with Gasteiger partial charge in [0, 0.05) is 18.7 Å². The fourth-order valence-electron chi connectivity index (χ4n) is 2.34. The molecule has 0 bridgehead atoms. The number of hydrogen-bond donors (Lipinski definition) is 1. The van der Waals surface area contributed by atoms with Crippen LogP contribution in [0.25, 0.3) is 0 Å². The molecule has 0 aliphatic carbocycles. The molecule has 0 saturated heterocycles. The average molecular weight is 403 g/mol. The highest BCUT2D eigenvalue weighted by atomic mass is 35.5. The van der Waals surface area contributed by atoms with Crippen molar-refractivity contribution in [1.29, 1.82) is 0 Å². The van der Waals surface area contributed by atoms with Gasteiger partial charge in [-0.25, -0.2) is 0 Å².